The lowest BCUT2D eigenvalue weighted by Gasteiger charge is -2.15. The minimum atomic E-state index is -4.90. The number of carbonyl (C=O) groups excluding carboxylic acids is 1. The molecule has 0 aliphatic rings. The van der Waals surface area contributed by atoms with Gasteiger partial charge < -0.3 is 31.5 Å². The van der Waals surface area contributed by atoms with Gasteiger partial charge in [-0.25, -0.2) is 4.79 Å². The number of nitrogens with two attached hydrogens (primary N) is 1. The molecule has 2 rings (SSSR count). The molecule has 29 heavy (non-hydrogen) atoms. The Hall–Kier alpha value is -2.40. The SMILES string of the molecule is NCCNc1cc(NC(=O)Nc2cc(Cl)cc(Cl)c2CO)cc(OC(F)(F)F)c1. The number of amides is 2. The molecule has 2 amide bonds. The van der Waals surface area contributed by atoms with Crippen LogP contribution in [0.2, 0.25) is 10.0 Å². The van der Waals surface area contributed by atoms with E-state index in [9.17, 15) is 23.1 Å². The van der Waals surface area contributed by atoms with Gasteiger partial charge in [0, 0.05) is 52.2 Å². The smallest absolute Gasteiger partial charge is 0.406 e. The molecule has 0 bridgehead atoms. The summed E-state index contributed by atoms with van der Waals surface area (Å²) in [5, 5.41) is 17.4. The quantitative estimate of drug-likeness (QED) is 0.427. The van der Waals surface area contributed by atoms with Crippen molar-refractivity contribution in [2.24, 2.45) is 5.73 Å². The standard InChI is InChI=1S/C17H17Cl2F3N4O3/c18-9-3-14(19)13(8-27)15(4-9)26-16(28)25-11-5-10(24-2-1-23)6-12(7-11)29-17(20,21)22/h3-7,24,27H,1-2,8,23H2,(H2,25,26,28). The van der Waals surface area contributed by atoms with Crippen LogP contribution < -0.4 is 26.4 Å². The number of halogens is 5. The van der Waals surface area contributed by atoms with E-state index in [1.165, 1.54) is 18.2 Å². The van der Waals surface area contributed by atoms with E-state index in [1.54, 1.807) is 0 Å². The van der Waals surface area contributed by atoms with E-state index >= 15 is 0 Å². The highest BCUT2D eigenvalue weighted by Gasteiger charge is 2.31. The second kappa shape index (κ2) is 9.88. The van der Waals surface area contributed by atoms with Crippen molar-refractivity contribution in [3.63, 3.8) is 0 Å². The van der Waals surface area contributed by atoms with E-state index in [4.69, 9.17) is 28.9 Å². The summed E-state index contributed by atoms with van der Waals surface area (Å²) < 4.78 is 41.6. The van der Waals surface area contributed by atoms with Crippen molar-refractivity contribution in [1.29, 1.82) is 0 Å². The highest BCUT2D eigenvalue weighted by atomic mass is 35.5. The summed E-state index contributed by atoms with van der Waals surface area (Å²) in [6.07, 6.45) is -4.90. The molecule has 7 nitrogen and oxygen atoms in total. The minimum absolute atomic E-state index is 0.0162. The summed E-state index contributed by atoms with van der Waals surface area (Å²) >= 11 is 11.9. The van der Waals surface area contributed by atoms with E-state index in [2.05, 4.69) is 20.7 Å². The van der Waals surface area contributed by atoms with Crippen molar-refractivity contribution in [3.05, 3.63) is 45.9 Å². The van der Waals surface area contributed by atoms with Crippen LogP contribution in [-0.4, -0.2) is 30.6 Å². The summed E-state index contributed by atoms with van der Waals surface area (Å²) in [6.45, 7) is 0.0722. The number of hydrogen-bond acceptors (Lipinski definition) is 5. The second-order valence-corrected chi connectivity index (χ2v) is 6.50. The monoisotopic (exact) mass is 452 g/mol. The Morgan fingerprint density at radius 2 is 1.79 bits per heavy atom. The van der Waals surface area contributed by atoms with Crippen molar-refractivity contribution < 1.29 is 27.8 Å². The van der Waals surface area contributed by atoms with Gasteiger partial charge in [0.2, 0.25) is 0 Å². The molecular formula is C17H17Cl2F3N4O3. The minimum Gasteiger partial charge on any atom is -0.406 e. The number of nitrogens with one attached hydrogen (secondary N) is 3. The van der Waals surface area contributed by atoms with Gasteiger partial charge in [0.05, 0.1) is 12.3 Å². The molecule has 158 valence electrons. The third-order valence-electron chi connectivity index (χ3n) is 3.44. The highest BCUT2D eigenvalue weighted by Crippen LogP contribution is 2.31. The first-order valence-electron chi connectivity index (χ1n) is 8.13. The topological polar surface area (TPSA) is 109 Å². The molecule has 0 heterocycles. The maximum Gasteiger partial charge on any atom is 0.573 e. The van der Waals surface area contributed by atoms with E-state index < -0.39 is 24.7 Å². The van der Waals surface area contributed by atoms with Crippen LogP contribution in [0, 0.1) is 0 Å². The van der Waals surface area contributed by atoms with Gasteiger partial charge in [-0.15, -0.1) is 13.2 Å². The summed E-state index contributed by atoms with van der Waals surface area (Å²) in [4.78, 5) is 12.3. The Labute approximate surface area is 173 Å². The molecule has 6 N–H and O–H groups in total. The zero-order chi connectivity index (χ0) is 21.6. The van der Waals surface area contributed by atoms with Crippen LogP contribution in [0.15, 0.2) is 30.3 Å². The fourth-order valence-electron chi connectivity index (χ4n) is 2.34. The number of ether oxygens (including phenoxy) is 1. The second-order valence-electron chi connectivity index (χ2n) is 5.66. The Bertz CT molecular complexity index is 882. The van der Waals surface area contributed by atoms with Gasteiger partial charge in [-0.3, -0.25) is 0 Å². The van der Waals surface area contributed by atoms with E-state index in [0.29, 0.717) is 6.54 Å². The molecule has 0 fully saturated rings. The number of rotatable bonds is 7. The average Bonchev–Trinajstić information content (AvgIpc) is 2.57. The fourth-order valence-corrected chi connectivity index (χ4v) is 2.90. The van der Waals surface area contributed by atoms with Crippen LogP contribution in [0.5, 0.6) is 5.75 Å². The summed E-state index contributed by atoms with van der Waals surface area (Å²) in [7, 11) is 0. The highest BCUT2D eigenvalue weighted by molar-refractivity contribution is 6.35. The molecule has 0 saturated carbocycles. The average molecular weight is 453 g/mol. The van der Waals surface area contributed by atoms with Crippen LogP contribution in [0.1, 0.15) is 5.56 Å². The van der Waals surface area contributed by atoms with Crippen molar-refractivity contribution in [1.82, 2.24) is 0 Å². The van der Waals surface area contributed by atoms with Crippen molar-refractivity contribution in [2.75, 3.05) is 29.0 Å². The maximum atomic E-state index is 12.6. The molecule has 2 aromatic rings. The largest absolute Gasteiger partial charge is 0.573 e. The van der Waals surface area contributed by atoms with Crippen LogP contribution in [0.4, 0.5) is 35.0 Å². The van der Waals surface area contributed by atoms with Gasteiger partial charge in [0.1, 0.15) is 5.75 Å². The van der Waals surface area contributed by atoms with Crippen molar-refractivity contribution in [3.8, 4) is 5.75 Å². The van der Waals surface area contributed by atoms with Gasteiger partial charge in [-0.1, -0.05) is 23.2 Å². The lowest BCUT2D eigenvalue weighted by Crippen LogP contribution is -2.21. The van der Waals surface area contributed by atoms with Crippen LogP contribution in [0.3, 0.4) is 0 Å². The van der Waals surface area contributed by atoms with Crippen LogP contribution >= 0.6 is 23.2 Å². The first-order valence-corrected chi connectivity index (χ1v) is 8.88. The first-order chi connectivity index (χ1) is 13.6. The molecule has 0 unspecified atom stereocenters. The predicted molar refractivity (Wildman–Crippen MR) is 106 cm³/mol. The lowest BCUT2D eigenvalue weighted by molar-refractivity contribution is -0.274. The molecule has 12 heteroatoms. The predicted octanol–water partition coefficient (Wildman–Crippen LogP) is 4.40. The number of aliphatic hydroxyl groups excluding tert-OH is 1. The van der Waals surface area contributed by atoms with Gasteiger partial charge in [-0.05, 0) is 18.2 Å². The van der Waals surface area contributed by atoms with Crippen molar-refractivity contribution >= 4 is 46.3 Å². The Morgan fingerprint density at radius 3 is 2.41 bits per heavy atom. The third kappa shape index (κ3) is 7.17. The molecular weight excluding hydrogens is 436 g/mol. The number of carbonyl (C=O) groups is 1. The number of benzene rings is 2. The van der Waals surface area contributed by atoms with Crippen LogP contribution in [-0.2, 0) is 6.61 Å². The van der Waals surface area contributed by atoms with Gasteiger partial charge >= 0.3 is 12.4 Å². The summed E-state index contributed by atoms with van der Waals surface area (Å²) in [5.41, 5.74) is 6.02. The Morgan fingerprint density at radius 1 is 1.10 bits per heavy atom. The third-order valence-corrected chi connectivity index (χ3v) is 3.99. The summed E-state index contributed by atoms with van der Waals surface area (Å²) in [6, 6.07) is 5.48. The molecule has 0 aliphatic heterocycles. The van der Waals surface area contributed by atoms with Gasteiger partial charge in [0.25, 0.3) is 0 Å². The molecule has 0 aromatic heterocycles. The lowest BCUT2D eigenvalue weighted by atomic mass is 10.2. The van der Waals surface area contributed by atoms with Gasteiger partial charge in [-0.2, -0.15) is 0 Å². The first kappa shape index (κ1) is 22.9. The number of anilines is 3. The number of aliphatic hydroxyl groups is 1. The Kier molecular flexibility index (Phi) is 7.80. The molecule has 0 aliphatic carbocycles. The van der Waals surface area contributed by atoms with Crippen molar-refractivity contribution in [2.45, 2.75) is 13.0 Å². The molecule has 0 saturated heterocycles. The normalized spacial score (nSPS) is 11.1. The zero-order valence-electron chi connectivity index (χ0n) is 14.7. The number of alkyl halides is 3. The zero-order valence-corrected chi connectivity index (χ0v) is 16.3. The Balaban J connectivity index is 2.23. The van der Waals surface area contributed by atoms with E-state index in [-0.39, 0.29) is 39.2 Å². The number of hydrogen-bond donors (Lipinski definition) is 5. The molecule has 0 atom stereocenters. The number of urea groups is 1. The summed E-state index contributed by atoms with van der Waals surface area (Å²) in [5.74, 6) is -0.531. The molecule has 0 radical (unpaired) electrons. The maximum absolute atomic E-state index is 12.6. The van der Waals surface area contributed by atoms with Crippen LogP contribution in [0.25, 0.3) is 0 Å². The fraction of sp³-hybridized carbons (Fsp3) is 0.235. The molecule has 0 spiro atoms. The molecule has 2 aromatic carbocycles. The van der Waals surface area contributed by atoms with E-state index in [1.807, 2.05) is 0 Å². The van der Waals surface area contributed by atoms with E-state index in [0.717, 1.165) is 12.1 Å². The van der Waals surface area contributed by atoms with Gasteiger partial charge in [0.15, 0.2) is 0 Å².